The molecule has 0 fully saturated rings. The number of carbonyl (C=O) groups is 2. The molecule has 0 radical (unpaired) electrons. The third-order valence-electron chi connectivity index (χ3n) is 1.87. The quantitative estimate of drug-likeness (QED) is 0.601. The predicted molar refractivity (Wildman–Crippen MR) is 57.3 cm³/mol. The van der Waals surface area contributed by atoms with Crippen molar-refractivity contribution in [2.45, 2.75) is 26.7 Å². The lowest BCUT2D eigenvalue weighted by atomic mass is 10.3. The van der Waals surface area contributed by atoms with Crippen molar-refractivity contribution in [2.75, 3.05) is 26.2 Å². The van der Waals surface area contributed by atoms with Gasteiger partial charge in [-0.3, -0.25) is 9.59 Å². The third-order valence-corrected chi connectivity index (χ3v) is 1.87. The zero-order valence-corrected chi connectivity index (χ0v) is 9.45. The molecule has 0 unspecified atom stereocenters. The molecular weight excluding hydrogens is 196 g/mol. The number of rotatable bonds is 6. The summed E-state index contributed by atoms with van der Waals surface area (Å²) in [6.07, 6.45) is 1.66. The minimum Gasteiger partial charge on any atom is -0.395 e. The second kappa shape index (κ2) is 8.23. The fourth-order valence-electron chi connectivity index (χ4n) is 1.24. The minimum atomic E-state index is -0.633. The van der Waals surface area contributed by atoms with Crippen molar-refractivity contribution in [2.24, 2.45) is 0 Å². The van der Waals surface area contributed by atoms with Gasteiger partial charge in [-0.25, -0.2) is 0 Å². The summed E-state index contributed by atoms with van der Waals surface area (Å²) < 4.78 is 0. The summed E-state index contributed by atoms with van der Waals surface area (Å²) in [5.74, 6) is -1.14. The van der Waals surface area contributed by atoms with Crippen LogP contribution in [-0.2, 0) is 9.59 Å². The molecule has 5 heteroatoms. The lowest BCUT2D eigenvalue weighted by Gasteiger charge is -2.20. The zero-order valence-electron chi connectivity index (χ0n) is 9.45. The molecule has 0 atom stereocenters. The molecule has 15 heavy (non-hydrogen) atoms. The highest BCUT2D eigenvalue weighted by Crippen LogP contribution is 1.95. The van der Waals surface area contributed by atoms with E-state index in [2.05, 4.69) is 5.32 Å². The lowest BCUT2D eigenvalue weighted by Crippen LogP contribution is -2.44. The van der Waals surface area contributed by atoms with Crippen LogP contribution in [0.1, 0.15) is 26.7 Å². The van der Waals surface area contributed by atoms with E-state index in [-0.39, 0.29) is 13.2 Å². The molecule has 0 saturated heterocycles. The van der Waals surface area contributed by atoms with Crippen LogP contribution in [0.3, 0.4) is 0 Å². The Labute approximate surface area is 90.5 Å². The van der Waals surface area contributed by atoms with Crippen molar-refractivity contribution in [3.63, 3.8) is 0 Å². The fraction of sp³-hybridized carbons (Fsp3) is 0.800. The van der Waals surface area contributed by atoms with Crippen LogP contribution in [0.4, 0.5) is 0 Å². The van der Waals surface area contributed by atoms with E-state index >= 15 is 0 Å². The molecule has 0 rings (SSSR count). The van der Waals surface area contributed by atoms with Gasteiger partial charge in [0.2, 0.25) is 0 Å². The number of carbonyl (C=O) groups excluding carboxylic acids is 2. The Hall–Kier alpha value is -1.10. The van der Waals surface area contributed by atoms with E-state index in [1.54, 1.807) is 0 Å². The molecule has 0 bridgehead atoms. The highest BCUT2D eigenvalue weighted by atomic mass is 16.3. The molecule has 0 heterocycles. The van der Waals surface area contributed by atoms with E-state index in [9.17, 15) is 9.59 Å². The average Bonchev–Trinajstić information content (AvgIpc) is 2.24. The summed E-state index contributed by atoms with van der Waals surface area (Å²) in [6, 6.07) is 0. The summed E-state index contributed by atoms with van der Waals surface area (Å²) in [6.45, 7) is 5.08. The standard InChI is InChI=1S/C10H20N2O3/c1-3-6-12(7-4-2)10(15)9(14)11-5-8-13/h13H,3-8H2,1-2H3,(H,11,14). The Morgan fingerprint density at radius 1 is 1.20 bits per heavy atom. The SMILES string of the molecule is CCCN(CCC)C(=O)C(=O)NCCO. The number of aliphatic hydroxyl groups excluding tert-OH is 1. The predicted octanol–water partition coefficient (Wildman–Crippen LogP) is -0.256. The first kappa shape index (κ1) is 13.9. The first-order valence-corrected chi connectivity index (χ1v) is 5.35. The monoisotopic (exact) mass is 216 g/mol. The summed E-state index contributed by atoms with van der Waals surface area (Å²) in [4.78, 5) is 24.4. The van der Waals surface area contributed by atoms with Crippen LogP contribution in [0.15, 0.2) is 0 Å². The van der Waals surface area contributed by atoms with E-state index in [0.717, 1.165) is 12.8 Å². The fourth-order valence-corrected chi connectivity index (χ4v) is 1.24. The molecule has 88 valence electrons. The number of amides is 2. The Bertz CT molecular complexity index is 201. The summed E-state index contributed by atoms with van der Waals surface area (Å²) in [5, 5.41) is 10.9. The van der Waals surface area contributed by atoms with Crippen molar-refractivity contribution in [3.8, 4) is 0 Å². The first-order valence-electron chi connectivity index (χ1n) is 5.35. The van der Waals surface area contributed by atoms with Gasteiger partial charge >= 0.3 is 11.8 Å². The van der Waals surface area contributed by atoms with Crippen molar-refractivity contribution >= 4 is 11.8 Å². The van der Waals surface area contributed by atoms with Gasteiger partial charge in [0.25, 0.3) is 0 Å². The van der Waals surface area contributed by atoms with Crippen molar-refractivity contribution in [1.82, 2.24) is 10.2 Å². The van der Waals surface area contributed by atoms with Gasteiger partial charge in [-0.2, -0.15) is 0 Å². The van der Waals surface area contributed by atoms with E-state index in [1.165, 1.54) is 4.90 Å². The number of nitrogens with one attached hydrogen (secondary N) is 1. The average molecular weight is 216 g/mol. The van der Waals surface area contributed by atoms with E-state index in [0.29, 0.717) is 13.1 Å². The maximum atomic E-state index is 11.6. The van der Waals surface area contributed by atoms with E-state index in [4.69, 9.17) is 5.11 Å². The van der Waals surface area contributed by atoms with Gasteiger partial charge in [0.15, 0.2) is 0 Å². The van der Waals surface area contributed by atoms with Crippen LogP contribution < -0.4 is 5.32 Å². The molecule has 0 aromatic carbocycles. The second-order valence-corrected chi connectivity index (χ2v) is 3.27. The summed E-state index contributed by atoms with van der Waals surface area (Å²) >= 11 is 0. The van der Waals surface area contributed by atoms with Crippen LogP contribution >= 0.6 is 0 Å². The van der Waals surface area contributed by atoms with Crippen LogP contribution in [0, 0.1) is 0 Å². The highest BCUT2D eigenvalue weighted by molar-refractivity contribution is 6.34. The highest BCUT2D eigenvalue weighted by Gasteiger charge is 2.19. The Balaban J connectivity index is 4.15. The Kier molecular flexibility index (Phi) is 7.62. The molecule has 0 aromatic rings. The van der Waals surface area contributed by atoms with Crippen molar-refractivity contribution < 1.29 is 14.7 Å². The molecule has 0 aliphatic carbocycles. The third kappa shape index (κ3) is 5.37. The van der Waals surface area contributed by atoms with E-state index in [1.807, 2.05) is 13.8 Å². The molecule has 5 nitrogen and oxygen atoms in total. The Morgan fingerprint density at radius 2 is 1.73 bits per heavy atom. The Morgan fingerprint density at radius 3 is 2.13 bits per heavy atom. The number of aliphatic hydroxyl groups is 1. The molecule has 2 N–H and O–H groups in total. The smallest absolute Gasteiger partial charge is 0.311 e. The molecule has 0 aromatic heterocycles. The van der Waals surface area contributed by atoms with Gasteiger partial charge < -0.3 is 15.3 Å². The summed E-state index contributed by atoms with van der Waals surface area (Å²) in [7, 11) is 0. The molecule has 0 aliphatic heterocycles. The number of hydrogen-bond acceptors (Lipinski definition) is 3. The summed E-state index contributed by atoms with van der Waals surface area (Å²) in [5.41, 5.74) is 0. The van der Waals surface area contributed by atoms with Gasteiger partial charge in [0.1, 0.15) is 0 Å². The van der Waals surface area contributed by atoms with Gasteiger partial charge in [-0.05, 0) is 12.8 Å². The molecule has 0 aliphatic rings. The van der Waals surface area contributed by atoms with Crippen molar-refractivity contribution in [3.05, 3.63) is 0 Å². The molecule has 0 saturated carbocycles. The van der Waals surface area contributed by atoms with Gasteiger partial charge in [0.05, 0.1) is 6.61 Å². The normalized spacial score (nSPS) is 9.80. The number of nitrogens with zero attached hydrogens (tertiary/aromatic N) is 1. The lowest BCUT2D eigenvalue weighted by molar-refractivity contribution is -0.146. The topological polar surface area (TPSA) is 69.6 Å². The maximum absolute atomic E-state index is 11.6. The van der Waals surface area contributed by atoms with Gasteiger partial charge in [-0.1, -0.05) is 13.8 Å². The van der Waals surface area contributed by atoms with Crippen LogP contribution in [-0.4, -0.2) is 48.1 Å². The van der Waals surface area contributed by atoms with Gasteiger partial charge in [0, 0.05) is 19.6 Å². The van der Waals surface area contributed by atoms with Crippen molar-refractivity contribution in [1.29, 1.82) is 0 Å². The second-order valence-electron chi connectivity index (χ2n) is 3.27. The molecular formula is C10H20N2O3. The van der Waals surface area contributed by atoms with E-state index < -0.39 is 11.8 Å². The van der Waals surface area contributed by atoms with Crippen LogP contribution in [0.5, 0.6) is 0 Å². The van der Waals surface area contributed by atoms with Crippen LogP contribution in [0.2, 0.25) is 0 Å². The first-order chi connectivity index (χ1) is 7.17. The molecule has 2 amide bonds. The maximum Gasteiger partial charge on any atom is 0.311 e. The largest absolute Gasteiger partial charge is 0.395 e. The number of hydrogen-bond donors (Lipinski definition) is 2. The minimum absolute atomic E-state index is 0.122. The van der Waals surface area contributed by atoms with Gasteiger partial charge in [-0.15, -0.1) is 0 Å². The zero-order chi connectivity index (χ0) is 11.7. The van der Waals surface area contributed by atoms with Crippen LogP contribution in [0.25, 0.3) is 0 Å². The molecule has 0 spiro atoms.